The standard InChI is InChI=1S/C10H9FIN3O/c1-6-14-15-10(16-6)5-13-9-3-2-7(11)4-8(9)12/h2-4,13H,5H2,1H3. The molecular formula is C10H9FIN3O. The van der Waals surface area contributed by atoms with Gasteiger partial charge in [-0.25, -0.2) is 4.39 Å². The first-order valence-electron chi connectivity index (χ1n) is 4.63. The van der Waals surface area contributed by atoms with Crippen LogP contribution in [0.2, 0.25) is 0 Å². The van der Waals surface area contributed by atoms with E-state index in [0.717, 1.165) is 9.26 Å². The fourth-order valence-electron chi connectivity index (χ4n) is 1.21. The monoisotopic (exact) mass is 333 g/mol. The lowest BCUT2D eigenvalue weighted by Crippen LogP contribution is -2.01. The van der Waals surface area contributed by atoms with Crippen LogP contribution in [-0.2, 0) is 6.54 Å². The predicted molar refractivity (Wildman–Crippen MR) is 65.5 cm³/mol. The summed E-state index contributed by atoms with van der Waals surface area (Å²) in [5.74, 6) is 0.798. The lowest BCUT2D eigenvalue weighted by molar-refractivity contribution is 0.475. The average Bonchev–Trinajstić information content (AvgIpc) is 2.63. The van der Waals surface area contributed by atoms with Crippen LogP contribution in [-0.4, -0.2) is 10.2 Å². The van der Waals surface area contributed by atoms with Crippen LogP contribution in [0.5, 0.6) is 0 Å². The average molecular weight is 333 g/mol. The van der Waals surface area contributed by atoms with Crippen molar-refractivity contribution in [2.24, 2.45) is 0 Å². The van der Waals surface area contributed by atoms with E-state index < -0.39 is 0 Å². The quantitative estimate of drug-likeness (QED) is 0.878. The van der Waals surface area contributed by atoms with Gasteiger partial charge in [0.15, 0.2) is 0 Å². The molecule has 0 unspecified atom stereocenters. The van der Waals surface area contributed by atoms with Crippen LogP contribution in [0.1, 0.15) is 11.8 Å². The molecule has 16 heavy (non-hydrogen) atoms. The van der Waals surface area contributed by atoms with Gasteiger partial charge in [0.05, 0.1) is 6.54 Å². The van der Waals surface area contributed by atoms with Gasteiger partial charge in [0.25, 0.3) is 0 Å². The number of halogens is 2. The normalized spacial score (nSPS) is 10.4. The number of aryl methyl sites for hydroxylation is 1. The highest BCUT2D eigenvalue weighted by atomic mass is 127. The molecule has 0 aliphatic heterocycles. The molecule has 4 nitrogen and oxygen atoms in total. The zero-order valence-electron chi connectivity index (χ0n) is 8.50. The minimum Gasteiger partial charge on any atom is -0.424 e. The van der Waals surface area contributed by atoms with Crippen molar-refractivity contribution >= 4 is 28.3 Å². The van der Waals surface area contributed by atoms with Crippen LogP contribution in [0.25, 0.3) is 0 Å². The van der Waals surface area contributed by atoms with E-state index in [1.54, 1.807) is 13.0 Å². The lowest BCUT2D eigenvalue weighted by atomic mass is 10.3. The molecule has 0 bridgehead atoms. The summed E-state index contributed by atoms with van der Waals surface area (Å²) in [6, 6.07) is 4.55. The van der Waals surface area contributed by atoms with Crippen molar-refractivity contribution in [3.05, 3.63) is 39.4 Å². The molecule has 0 fully saturated rings. The highest BCUT2D eigenvalue weighted by Gasteiger charge is 2.04. The van der Waals surface area contributed by atoms with Crippen molar-refractivity contribution in [2.75, 3.05) is 5.32 Å². The summed E-state index contributed by atoms with van der Waals surface area (Å²) >= 11 is 2.06. The Balaban J connectivity index is 2.04. The third kappa shape index (κ3) is 2.69. The van der Waals surface area contributed by atoms with Crippen LogP contribution in [0.3, 0.4) is 0 Å². The summed E-state index contributed by atoms with van der Waals surface area (Å²) in [6.45, 7) is 2.17. The number of benzene rings is 1. The molecule has 0 amide bonds. The molecular weight excluding hydrogens is 324 g/mol. The van der Waals surface area contributed by atoms with Crippen molar-refractivity contribution in [1.82, 2.24) is 10.2 Å². The highest BCUT2D eigenvalue weighted by Crippen LogP contribution is 2.19. The molecule has 0 saturated heterocycles. The zero-order valence-corrected chi connectivity index (χ0v) is 10.7. The summed E-state index contributed by atoms with van der Waals surface area (Å²) in [5, 5.41) is 10.7. The van der Waals surface area contributed by atoms with Gasteiger partial charge in [-0.2, -0.15) is 0 Å². The minimum atomic E-state index is -0.247. The SMILES string of the molecule is Cc1nnc(CNc2ccc(F)cc2I)o1. The zero-order chi connectivity index (χ0) is 11.5. The van der Waals surface area contributed by atoms with Gasteiger partial charge < -0.3 is 9.73 Å². The first kappa shape index (κ1) is 11.3. The molecule has 0 spiro atoms. The fraction of sp³-hybridized carbons (Fsp3) is 0.200. The molecule has 1 heterocycles. The van der Waals surface area contributed by atoms with Crippen molar-refractivity contribution in [3.8, 4) is 0 Å². The van der Waals surface area contributed by atoms with Crippen molar-refractivity contribution in [1.29, 1.82) is 0 Å². The fourth-order valence-corrected chi connectivity index (χ4v) is 1.88. The Morgan fingerprint density at radius 3 is 2.88 bits per heavy atom. The summed E-state index contributed by atoms with van der Waals surface area (Å²) in [6.07, 6.45) is 0. The number of hydrogen-bond acceptors (Lipinski definition) is 4. The van der Waals surface area contributed by atoms with E-state index in [0.29, 0.717) is 18.3 Å². The van der Waals surface area contributed by atoms with E-state index >= 15 is 0 Å². The van der Waals surface area contributed by atoms with Gasteiger partial charge in [0, 0.05) is 16.2 Å². The molecule has 0 saturated carbocycles. The predicted octanol–water partition coefficient (Wildman–Crippen LogP) is 2.73. The van der Waals surface area contributed by atoms with Crippen LogP contribution < -0.4 is 5.32 Å². The molecule has 0 aliphatic rings. The number of anilines is 1. The van der Waals surface area contributed by atoms with Crippen LogP contribution in [0.15, 0.2) is 22.6 Å². The number of aromatic nitrogens is 2. The first-order valence-corrected chi connectivity index (χ1v) is 5.71. The van der Waals surface area contributed by atoms with E-state index in [4.69, 9.17) is 4.42 Å². The van der Waals surface area contributed by atoms with Crippen LogP contribution >= 0.6 is 22.6 Å². The Hall–Kier alpha value is -1.18. The van der Waals surface area contributed by atoms with Gasteiger partial charge in [0.1, 0.15) is 5.82 Å². The third-order valence-corrected chi connectivity index (χ3v) is 2.82. The topological polar surface area (TPSA) is 51.0 Å². The van der Waals surface area contributed by atoms with Crippen LogP contribution in [0.4, 0.5) is 10.1 Å². The first-order chi connectivity index (χ1) is 7.65. The van der Waals surface area contributed by atoms with Gasteiger partial charge >= 0.3 is 0 Å². The summed E-state index contributed by atoms with van der Waals surface area (Å²) in [4.78, 5) is 0. The van der Waals surface area contributed by atoms with Gasteiger partial charge in [-0.05, 0) is 40.8 Å². The molecule has 0 radical (unpaired) electrons. The van der Waals surface area contributed by atoms with Crippen LogP contribution in [0, 0.1) is 16.3 Å². The summed E-state index contributed by atoms with van der Waals surface area (Å²) in [5.41, 5.74) is 0.845. The lowest BCUT2D eigenvalue weighted by Gasteiger charge is -2.05. The molecule has 84 valence electrons. The highest BCUT2D eigenvalue weighted by molar-refractivity contribution is 14.1. The summed E-state index contributed by atoms with van der Waals surface area (Å²) in [7, 11) is 0. The largest absolute Gasteiger partial charge is 0.424 e. The minimum absolute atomic E-state index is 0.247. The Bertz CT molecular complexity index is 501. The Morgan fingerprint density at radius 1 is 1.44 bits per heavy atom. The number of hydrogen-bond donors (Lipinski definition) is 1. The third-order valence-electron chi connectivity index (χ3n) is 1.93. The number of nitrogens with one attached hydrogen (secondary N) is 1. The maximum Gasteiger partial charge on any atom is 0.235 e. The molecule has 0 aliphatic carbocycles. The Morgan fingerprint density at radius 2 is 2.25 bits per heavy atom. The second kappa shape index (κ2) is 4.77. The Labute approximate surface area is 105 Å². The van der Waals surface area contributed by atoms with E-state index in [-0.39, 0.29) is 5.82 Å². The van der Waals surface area contributed by atoms with E-state index in [2.05, 4.69) is 38.1 Å². The van der Waals surface area contributed by atoms with Gasteiger partial charge in [-0.3, -0.25) is 0 Å². The molecule has 2 rings (SSSR count). The maximum absolute atomic E-state index is 12.8. The van der Waals surface area contributed by atoms with E-state index in [1.807, 2.05) is 0 Å². The smallest absolute Gasteiger partial charge is 0.235 e. The van der Waals surface area contributed by atoms with E-state index in [1.165, 1.54) is 12.1 Å². The molecule has 1 aromatic carbocycles. The molecule has 6 heteroatoms. The number of rotatable bonds is 3. The second-order valence-electron chi connectivity index (χ2n) is 3.19. The Kier molecular flexibility index (Phi) is 3.37. The van der Waals surface area contributed by atoms with Gasteiger partial charge in [-0.1, -0.05) is 0 Å². The maximum atomic E-state index is 12.8. The number of nitrogens with zero attached hydrogens (tertiary/aromatic N) is 2. The van der Waals surface area contributed by atoms with Crippen molar-refractivity contribution in [2.45, 2.75) is 13.5 Å². The summed E-state index contributed by atoms with van der Waals surface area (Å²) < 4.78 is 18.9. The molecule has 1 N–H and O–H groups in total. The van der Waals surface area contributed by atoms with E-state index in [9.17, 15) is 4.39 Å². The van der Waals surface area contributed by atoms with Gasteiger partial charge in [0.2, 0.25) is 11.8 Å². The van der Waals surface area contributed by atoms with Crippen molar-refractivity contribution < 1.29 is 8.81 Å². The second-order valence-corrected chi connectivity index (χ2v) is 4.35. The van der Waals surface area contributed by atoms with Gasteiger partial charge in [-0.15, -0.1) is 10.2 Å². The molecule has 0 atom stereocenters. The van der Waals surface area contributed by atoms with Crippen molar-refractivity contribution in [3.63, 3.8) is 0 Å². The molecule has 2 aromatic rings. The molecule has 1 aromatic heterocycles.